The summed E-state index contributed by atoms with van der Waals surface area (Å²) < 4.78 is 1.96. The van der Waals surface area contributed by atoms with Crippen molar-refractivity contribution >= 4 is 12.4 Å². The van der Waals surface area contributed by atoms with Gasteiger partial charge in [-0.2, -0.15) is 5.10 Å². The second-order valence-electron chi connectivity index (χ2n) is 6.41. The molecule has 126 valence electrons. The van der Waals surface area contributed by atoms with Crippen LogP contribution < -0.4 is 5.32 Å². The Bertz CT molecular complexity index is 630. The van der Waals surface area contributed by atoms with Crippen molar-refractivity contribution < 1.29 is 0 Å². The number of aryl methyl sites for hydroxylation is 1. The van der Waals surface area contributed by atoms with Crippen LogP contribution in [0, 0.1) is 13.8 Å². The lowest BCUT2D eigenvalue weighted by Crippen LogP contribution is -2.53. The highest BCUT2D eigenvalue weighted by Gasteiger charge is 2.23. The van der Waals surface area contributed by atoms with Gasteiger partial charge in [0.25, 0.3) is 0 Å². The second kappa shape index (κ2) is 7.43. The van der Waals surface area contributed by atoms with Gasteiger partial charge in [-0.3, -0.25) is 4.90 Å². The van der Waals surface area contributed by atoms with Crippen LogP contribution >= 0.6 is 12.4 Å². The quantitative estimate of drug-likeness (QED) is 0.936. The molecule has 3 rings (SSSR count). The molecule has 1 N–H and O–H groups in total. The molecule has 2 aromatic rings. The van der Waals surface area contributed by atoms with Crippen LogP contribution in [0.4, 0.5) is 0 Å². The van der Waals surface area contributed by atoms with Gasteiger partial charge >= 0.3 is 0 Å². The van der Waals surface area contributed by atoms with Gasteiger partial charge in [0, 0.05) is 49.2 Å². The molecule has 0 aromatic carbocycles. The van der Waals surface area contributed by atoms with Gasteiger partial charge < -0.3 is 5.32 Å². The fourth-order valence-electron chi connectivity index (χ4n) is 3.40. The summed E-state index contributed by atoms with van der Waals surface area (Å²) in [5.74, 6) is 0.886. The van der Waals surface area contributed by atoms with E-state index in [4.69, 9.17) is 5.10 Å². The molecule has 23 heavy (non-hydrogen) atoms. The zero-order valence-corrected chi connectivity index (χ0v) is 15.1. The first kappa shape index (κ1) is 17.9. The van der Waals surface area contributed by atoms with Crippen LogP contribution in [-0.4, -0.2) is 44.8 Å². The van der Waals surface area contributed by atoms with Crippen LogP contribution in [0.5, 0.6) is 0 Å². The monoisotopic (exact) mass is 335 g/mol. The minimum Gasteiger partial charge on any atom is -0.309 e. The number of aromatic nitrogens is 3. The molecule has 0 aliphatic carbocycles. The van der Waals surface area contributed by atoms with Crippen molar-refractivity contribution in [1.82, 2.24) is 25.0 Å². The fourth-order valence-corrected chi connectivity index (χ4v) is 3.40. The zero-order chi connectivity index (χ0) is 15.7. The Morgan fingerprint density at radius 2 is 1.87 bits per heavy atom. The SMILES string of the molecule is Cc1nn(-c2ccccn2)c(C)c1CN1CC(C)NC(C)C1.Cl. The summed E-state index contributed by atoms with van der Waals surface area (Å²) in [4.78, 5) is 6.93. The molecular formula is C17H26ClN5. The minimum atomic E-state index is 0. The van der Waals surface area contributed by atoms with Crippen LogP contribution in [0.2, 0.25) is 0 Å². The average Bonchev–Trinajstić information content (AvgIpc) is 2.75. The molecule has 0 radical (unpaired) electrons. The maximum Gasteiger partial charge on any atom is 0.153 e. The van der Waals surface area contributed by atoms with Gasteiger partial charge in [0.15, 0.2) is 5.82 Å². The summed E-state index contributed by atoms with van der Waals surface area (Å²) in [6, 6.07) is 7.00. The molecule has 0 amide bonds. The molecule has 0 spiro atoms. The third-order valence-corrected chi connectivity index (χ3v) is 4.32. The summed E-state index contributed by atoms with van der Waals surface area (Å²) in [5, 5.41) is 8.28. The van der Waals surface area contributed by atoms with E-state index in [-0.39, 0.29) is 12.4 Å². The van der Waals surface area contributed by atoms with Crippen LogP contribution in [0.1, 0.15) is 30.8 Å². The normalized spacial score (nSPS) is 21.9. The summed E-state index contributed by atoms with van der Waals surface area (Å²) in [7, 11) is 0. The first-order valence-corrected chi connectivity index (χ1v) is 7.99. The largest absolute Gasteiger partial charge is 0.309 e. The van der Waals surface area contributed by atoms with Crippen molar-refractivity contribution in [3.63, 3.8) is 0 Å². The maximum absolute atomic E-state index is 4.70. The van der Waals surface area contributed by atoms with E-state index in [1.165, 1.54) is 11.3 Å². The van der Waals surface area contributed by atoms with Gasteiger partial charge in [0.2, 0.25) is 0 Å². The Kier molecular flexibility index (Phi) is 5.79. The summed E-state index contributed by atoms with van der Waals surface area (Å²) in [6.07, 6.45) is 1.81. The van der Waals surface area contributed by atoms with Gasteiger partial charge in [-0.15, -0.1) is 12.4 Å². The molecule has 2 aromatic heterocycles. The lowest BCUT2D eigenvalue weighted by molar-refractivity contribution is 0.166. The van der Waals surface area contributed by atoms with E-state index in [1.807, 2.05) is 29.1 Å². The lowest BCUT2D eigenvalue weighted by Gasteiger charge is -2.36. The van der Waals surface area contributed by atoms with Crippen LogP contribution in [0.25, 0.3) is 5.82 Å². The van der Waals surface area contributed by atoms with Gasteiger partial charge in [0.05, 0.1) is 5.69 Å². The number of halogens is 1. The summed E-state index contributed by atoms with van der Waals surface area (Å²) in [6.45, 7) is 11.9. The highest BCUT2D eigenvalue weighted by atomic mass is 35.5. The van der Waals surface area contributed by atoms with Gasteiger partial charge in [0.1, 0.15) is 0 Å². The number of rotatable bonds is 3. The number of piperazine rings is 1. The number of hydrogen-bond acceptors (Lipinski definition) is 4. The minimum absolute atomic E-state index is 0. The van der Waals surface area contributed by atoms with E-state index in [2.05, 4.69) is 42.9 Å². The van der Waals surface area contributed by atoms with Gasteiger partial charge in [-0.25, -0.2) is 9.67 Å². The van der Waals surface area contributed by atoms with Gasteiger partial charge in [-0.05, 0) is 39.8 Å². The molecule has 0 bridgehead atoms. The zero-order valence-electron chi connectivity index (χ0n) is 14.3. The van der Waals surface area contributed by atoms with Crippen molar-refractivity contribution in [2.45, 2.75) is 46.3 Å². The van der Waals surface area contributed by atoms with Crippen LogP contribution in [0.3, 0.4) is 0 Å². The van der Waals surface area contributed by atoms with Crippen molar-refractivity contribution in [2.75, 3.05) is 13.1 Å². The molecule has 1 aliphatic rings. The molecule has 1 fully saturated rings. The van der Waals surface area contributed by atoms with Crippen LogP contribution in [0.15, 0.2) is 24.4 Å². The topological polar surface area (TPSA) is 46.0 Å². The van der Waals surface area contributed by atoms with Crippen molar-refractivity contribution in [2.24, 2.45) is 0 Å². The predicted octanol–water partition coefficient (Wildman–Crippen LogP) is 2.49. The third-order valence-electron chi connectivity index (χ3n) is 4.32. The number of pyridine rings is 1. The maximum atomic E-state index is 4.70. The molecule has 2 atom stereocenters. The molecule has 6 heteroatoms. The van der Waals surface area contributed by atoms with Crippen molar-refractivity contribution in [3.8, 4) is 5.82 Å². The van der Waals surface area contributed by atoms with E-state index < -0.39 is 0 Å². The standard InChI is InChI=1S/C17H25N5.ClH/c1-12-9-21(10-13(2)19-12)11-16-14(3)20-22(15(16)4)17-7-5-6-8-18-17;/h5-8,12-13,19H,9-11H2,1-4H3;1H. The Morgan fingerprint density at radius 3 is 2.48 bits per heavy atom. The van der Waals surface area contributed by atoms with E-state index in [1.54, 1.807) is 0 Å². The Morgan fingerprint density at radius 1 is 1.17 bits per heavy atom. The lowest BCUT2D eigenvalue weighted by atomic mass is 10.1. The Balaban J connectivity index is 0.00000192. The first-order chi connectivity index (χ1) is 10.5. The van der Waals surface area contributed by atoms with Gasteiger partial charge in [-0.1, -0.05) is 6.07 Å². The first-order valence-electron chi connectivity index (χ1n) is 7.99. The molecule has 5 nitrogen and oxygen atoms in total. The molecule has 2 unspecified atom stereocenters. The van der Waals surface area contributed by atoms with Crippen LogP contribution in [-0.2, 0) is 6.54 Å². The average molecular weight is 336 g/mol. The molecule has 3 heterocycles. The van der Waals surface area contributed by atoms with E-state index in [0.29, 0.717) is 12.1 Å². The summed E-state index contributed by atoms with van der Waals surface area (Å²) in [5.41, 5.74) is 3.61. The highest BCUT2D eigenvalue weighted by molar-refractivity contribution is 5.85. The Hall–Kier alpha value is -1.43. The molecule has 1 saturated heterocycles. The fraction of sp³-hybridized carbons (Fsp3) is 0.529. The highest BCUT2D eigenvalue weighted by Crippen LogP contribution is 2.19. The second-order valence-corrected chi connectivity index (χ2v) is 6.41. The molecular weight excluding hydrogens is 310 g/mol. The van der Waals surface area contributed by atoms with E-state index in [9.17, 15) is 0 Å². The smallest absolute Gasteiger partial charge is 0.153 e. The van der Waals surface area contributed by atoms with E-state index >= 15 is 0 Å². The van der Waals surface area contributed by atoms with Crippen molar-refractivity contribution in [3.05, 3.63) is 41.3 Å². The molecule has 0 saturated carbocycles. The Labute approximate surface area is 144 Å². The number of nitrogens with one attached hydrogen (secondary N) is 1. The predicted molar refractivity (Wildman–Crippen MR) is 95.4 cm³/mol. The summed E-state index contributed by atoms with van der Waals surface area (Å²) >= 11 is 0. The molecule has 1 aliphatic heterocycles. The van der Waals surface area contributed by atoms with Crippen molar-refractivity contribution in [1.29, 1.82) is 0 Å². The van der Waals surface area contributed by atoms with E-state index in [0.717, 1.165) is 31.1 Å². The third kappa shape index (κ3) is 3.91. The number of hydrogen-bond donors (Lipinski definition) is 1. The number of nitrogens with zero attached hydrogens (tertiary/aromatic N) is 4.